The van der Waals surface area contributed by atoms with E-state index in [0.29, 0.717) is 18.7 Å². The number of carbonyl (C=O) groups excluding carboxylic acids is 1. The van der Waals surface area contributed by atoms with Gasteiger partial charge >= 0.3 is 5.97 Å². The molecule has 5 rings (SSSR count). The third kappa shape index (κ3) is 2.18. The number of H-pyrrole nitrogens is 1. The molecule has 1 aromatic carbocycles. The van der Waals surface area contributed by atoms with E-state index in [1.54, 1.807) is 0 Å². The summed E-state index contributed by atoms with van der Waals surface area (Å²) in [5.41, 5.74) is 3.19. The molecule has 3 aliphatic rings. The number of rotatable bonds is 3. The van der Waals surface area contributed by atoms with Crippen LogP contribution in [-0.4, -0.2) is 41.3 Å². The van der Waals surface area contributed by atoms with Crippen molar-refractivity contribution >= 4 is 22.6 Å². The number of nitrogens with zero attached hydrogens (tertiary/aromatic N) is 2. The molecule has 2 atom stereocenters. The summed E-state index contributed by atoms with van der Waals surface area (Å²) in [4.78, 5) is 24.9. The number of aromatic amines is 1. The number of hydrogen-bond acceptors (Lipinski definition) is 5. The standard InChI is InChI=1S/C22H27N3O3/c1-3-21-11-7-12-25-13-10-16-15-8-5-6-9-17(15)23-19(16)22(21,25)28-24-18(14-21)20(26)27-4-2/h5-6,8-9,23H,3-4,7,10-14H2,1-2H3/t21-,22+/m0/s1. The molecule has 6 heteroatoms. The Labute approximate surface area is 164 Å². The topological polar surface area (TPSA) is 66.9 Å². The molecule has 148 valence electrons. The quantitative estimate of drug-likeness (QED) is 0.823. The van der Waals surface area contributed by atoms with Crippen LogP contribution in [0.1, 0.15) is 50.8 Å². The van der Waals surface area contributed by atoms with Crippen molar-refractivity contribution in [2.75, 3.05) is 19.7 Å². The molecule has 1 N–H and O–H groups in total. The number of oxime groups is 1. The second-order valence-corrected chi connectivity index (χ2v) is 8.17. The Balaban J connectivity index is 1.71. The average molecular weight is 381 g/mol. The van der Waals surface area contributed by atoms with Crippen molar-refractivity contribution in [1.29, 1.82) is 0 Å². The van der Waals surface area contributed by atoms with Gasteiger partial charge in [-0.25, -0.2) is 4.79 Å². The fourth-order valence-corrected chi connectivity index (χ4v) is 5.71. The minimum absolute atomic E-state index is 0.203. The molecule has 1 saturated heterocycles. The van der Waals surface area contributed by atoms with Crippen molar-refractivity contribution in [2.24, 2.45) is 10.6 Å². The van der Waals surface area contributed by atoms with E-state index in [-0.39, 0.29) is 11.4 Å². The number of para-hydroxylation sites is 1. The van der Waals surface area contributed by atoms with E-state index in [1.807, 2.05) is 6.92 Å². The highest BCUT2D eigenvalue weighted by molar-refractivity contribution is 6.36. The minimum atomic E-state index is -0.636. The fourth-order valence-electron chi connectivity index (χ4n) is 5.71. The van der Waals surface area contributed by atoms with Gasteiger partial charge in [-0.05, 0) is 44.2 Å². The Morgan fingerprint density at radius 2 is 2.18 bits per heavy atom. The first-order valence-corrected chi connectivity index (χ1v) is 10.4. The summed E-state index contributed by atoms with van der Waals surface area (Å²) in [6.45, 7) is 6.31. The number of carbonyl (C=O) groups is 1. The number of ether oxygens (including phenoxy) is 1. The van der Waals surface area contributed by atoms with Gasteiger partial charge in [0.1, 0.15) is 0 Å². The number of piperidine rings is 1. The predicted octanol–water partition coefficient (Wildman–Crippen LogP) is 3.71. The number of nitrogens with one attached hydrogen (secondary N) is 1. The molecule has 3 aliphatic heterocycles. The number of esters is 1. The van der Waals surface area contributed by atoms with Gasteiger partial charge in [-0.15, -0.1) is 0 Å². The van der Waals surface area contributed by atoms with E-state index < -0.39 is 5.72 Å². The molecule has 0 amide bonds. The molecule has 2 aromatic rings. The lowest BCUT2D eigenvalue weighted by molar-refractivity contribution is -0.274. The van der Waals surface area contributed by atoms with Gasteiger partial charge in [-0.3, -0.25) is 4.90 Å². The zero-order chi connectivity index (χ0) is 19.4. The largest absolute Gasteiger partial charge is 0.461 e. The van der Waals surface area contributed by atoms with Gasteiger partial charge in [0.05, 0.1) is 12.3 Å². The van der Waals surface area contributed by atoms with Crippen LogP contribution < -0.4 is 0 Å². The SMILES string of the molecule is CCOC(=O)C1=NO[C@@]23c4[nH]c5ccccc5c4CCN2CCC[C@@]3(CC)C1. The maximum atomic E-state index is 12.4. The van der Waals surface area contributed by atoms with E-state index >= 15 is 0 Å². The smallest absolute Gasteiger partial charge is 0.356 e. The van der Waals surface area contributed by atoms with E-state index in [0.717, 1.165) is 50.0 Å². The molecular weight excluding hydrogens is 354 g/mol. The lowest BCUT2D eigenvalue weighted by Crippen LogP contribution is -2.66. The summed E-state index contributed by atoms with van der Waals surface area (Å²) in [6.07, 6.45) is 4.61. The van der Waals surface area contributed by atoms with Gasteiger partial charge in [0.25, 0.3) is 0 Å². The molecule has 1 aromatic heterocycles. The highest BCUT2D eigenvalue weighted by atomic mass is 16.7. The van der Waals surface area contributed by atoms with Crippen molar-refractivity contribution < 1.29 is 14.4 Å². The van der Waals surface area contributed by atoms with E-state index in [1.165, 1.54) is 10.9 Å². The molecule has 0 bridgehead atoms. The highest BCUT2D eigenvalue weighted by Gasteiger charge is 2.65. The number of hydrogen-bond donors (Lipinski definition) is 1. The molecule has 1 fully saturated rings. The summed E-state index contributed by atoms with van der Waals surface area (Å²) < 4.78 is 5.23. The molecule has 1 spiro atoms. The first-order valence-electron chi connectivity index (χ1n) is 10.4. The molecule has 28 heavy (non-hydrogen) atoms. The Morgan fingerprint density at radius 3 is 3.00 bits per heavy atom. The summed E-state index contributed by atoms with van der Waals surface area (Å²) in [5, 5.41) is 5.62. The van der Waals surface area contributed by atoms with Crippen molar-refractivity contribution in [3.8, 4) is 0 Å². The molecule has 0 saturated carbocycles. The van der Waals surface area contributed by atoms with Gasteiger partial charge in [0, 0.05) is 35.8 Å². The molecule has 0 radical (unpaired) electrons. The van der Waals surface area contributed by atoms with Crippen LogP contribution in [0.25, 0.3) is 10.9 Å². The van der Waals surface area contributed by atoms with E-state index in [2.05, 4.69) is 46.2 Å². The summed E-state index contributed by atoms with van der Waals surface area (Å²) in [5.74, 6) is -0.352. The second kappa shape index (κ2) is 6.34. The van der Waals surface area contributed by atoms with Crippen molar-refractivity contribution in [3.05, 3.63) is 35.5 Å². The molecule has 6 nitrogen and oxygen atoms in total. The zero-order valence-electron chi connectivity index (χ0n) is 16.6. The van der Waals surface area contributed by atoms with Gasteiger partial charge in [-0.1, -0.05) is 30.3 Å². The lowest BCUT2D eigenvalue weighted by Gasteiger charge is -2.59. The van der Waals surface area contributed by atoms with Gasteiger partial charge in [0.2, 0.25) is 5.72 Å². The van der Waals surface area contributed by atoms with Crippen LogP contribution in [0.15, 0.2) is 29.4 Å². The normalized spacial score (nSPS) is 29.3. The van der Waals surface area contributed by atoms with Gasteiger partial charge in [-0.2, -0.15) is 0 Å². The predicted molar refractivity (Wildman–Crippen MR) is 107 cm³/mol. The monoisotopic (exact) mass is 381 g/mol. The summed E-state index contributed by atoms with van der Waals surface area (Å²) >= 11 is 0. The van der Waals surface area contributed by atoms with Crippen molar-refractivity contribution in [1.82, 2.24) is 9.88 Å². The van der Waals surface area contributed by atoms with Crippen LogP contribution in [0.2, 0.25) is 0 Å². The van der Waals surface area contributed by atoms with Crippen LogP contribution in [0.4, 0.5) is 0 Å². The number of benzene rings is 1. The summed E-state index contributed by atoms with van der Waals surface area (Å²) in [7, 11) is 0. The first kappa shape index (κ1) is 17.7. The molecule has 4 heterocycles. The van der Waals surface area contributed by atoms with Crippen LogP contribution >= 0.6 is 0 Å². The van der Waals surface area contributed by atoms with Crippen molar-refractivity contribution in [2.45, 2.75) is 51.7 Å². The van der Waals surface area contributed by atoms with Crippen LogP contribution in [0.5, 0.6) is 0 Å². The van der Waals surface area contributed by atoms with E-state index in [4.69, 9.17) is 9.57 Å². The van der Waals surface area contributed by atoms with E-state index in [9.17, 15) is 4.79 Å². The molecular formula is C22H27N3O3. The van der Waals surface area contributed by atoms with Crippen LogP contribution in [0.3, 0.4) is 0 Å². The minimum Gasteiger partial charge on any atom is -0.461 e. The highest BCUT2D eigenvalue weighted by Crippen LogP contribution is 2.60. The van der Waals surface area contributed by atoms with Crippen molar-refractivity contribution in [3.63, 3.8) is 0 Å². The number of aromatic nitrogens is 1. The zero-order valence-corrected chi connectivity index (χ0v) is 16.6. The Hall–Kier alpha value is -2.34. The van der Waals surface area contributed by atoms with Crippen LogP contribution in [0, 0.1) is 5.41 Å². The third-order valence-electron chi connectivity index (χ3n) is 7.01. The number of fused-ring (bicyclic) bond motifs is 3. The third-order valence-corrected chi connectivity index (χ3v) is 7.01. The maximum absolute atomic E-state index is 12.4. The Morgan fingerprint density at radius 1 is 1.32 bits per heavy atom. The average Bonchev–Trinajstić information content (AvgIpc) is 3.12. The second-order valence-electron chi connectivity index (χ2n) is 8.17. The van der Waals surface area contributed by atoms with Gasteiger partial charge in [0.15, 0.2) is 5.71 Å². The lowest BCUT2D eigenvalue weighted by atomic mass is 9.62. The summed E-state index contributed by atoms with van der Waals surface area (Å²) in [6, 6.07) is 8.46. The first-order chi connectivity index (χ1) is 13.6. The van der Waals surface area contributed by atoms with Gasteiger partial charge < -0.3 is 14.6 Å². The molecule has 0 aliphatic carbocycles. The fraction of sp³-hybridized carbons (Fsp3) is 0.545. The van der Waals surface area contributed by atoms with Crippen LogP contribution in [-0.2, 0) is 26.5 Å². The Kier molecular flexibility index (Phi) is 4.02. The Bertz CT molecular complexity index is 965. The maximum Gasteiger partial charge on any atom is 0.356 e. The molecule has 0 unspecified atom stereocenters.